The second-order valence-electron chi connectivity index (χ2n) is 5.74. The molecular formula is C16H9N5O6. The number of hydrogen-bond donors (Lipinski definition) is 4. The van der Waals surface area contributed by atoms with Gasteiger partial charge in [-0.05, 0) is 0 Å². The topological polar surface area (TPSA) is 163 Å². The van der Waals surface area contributed by atoms with Gasteiger partial charge in [-0.1, -0.05) is 24.3 Å². The molecular weight excluding hydrogens is 358 g/mol. The predicted molar refractivity (Wildman–Crippen MR) is 86.8 cm³/mol. The first-order valence-electron chi connectivity index (χ1n) is 7.62. The Bertz CT molecular complexity index is 1010. The summed E-state index contributed by atoms with van der Waals surface area (Å²) in [5, 5.41) is 7.84. The van der Waals surface area contributed by atoms with Gasteiger partial charge in [0.25, 0.3) is 11.8 Å². The first kappa shape index (κ1) is 16.3. The molecule has 2 saturated heterocycles. The van der Waals surface area contributed by atoms with Crippen LogP contribution >= 0.6 is 0 Å². The predicted octanol–water partition coefficient (Wildman–Crippen LogP) is -1.45. The Hall–Kier alpha value is -4.15. The molecule has 27 heavy (non-hydrogen) atoms. The third-order valence-corrected chi connectivity index (χ3v) is 4.11. The van der Waals surface area contributed by atoms with Crippen molar-refractivity contribution in [3.05, 3.63) is 41.0 Å². The molecule has 0 bridgehead atoms. The fourth-order valence-electron chi connectivity index (χ4n) is 3.01. The zero-order chi connectivity index (χ0) is 19.3. The summed E-state index contributed by atoms with van der Waals surface area (Å²) in [6.07, 6.45) is 0. The van der Waals surface area contributed by atoms with Crippen molar-refractivity contribution >= 4 is 47.1 Å². The van der Waals surface area contributed by atoms with E-state index in [0.717, 1.165) is 0 Å². The smallest absolute Gasteiger partial charge is 0.277 e. The average molecular weight is 367 g/mol. The first-order valence-corrected chi connectivity index (χ1v) is 7.62. The standard InChI is InChI=1S/C16H9N5O6/c22-11-7(12(23)19-15(26)18-11)9-5-3-1-2-4-6(5)10(17-9)8-13(24)20-16(27)21-14(8)25/h1-4,7H,(H2,18,19,22,23,26)(H2,20,21,24,25,27). The molecule has 0 atom stereocenters. The second-order valence-corrected chi connectivity index (χ2v) is 5.74. The fourth-order valence-corrected chi connectivity index (χ4v) is 3.01. The summed E-state index contributed by atoms with van der Waals surface area (Å²) < 4.78 is 0. The third kappa shape index (κ3) is 2.49. The van der Waals surface area contributed by atoms with Gasteiger partial charge in [0.15, 0.2) is 5.92 Å². The lowest BCUT2D eigenvalue weighted by Crippen LogP contribution is -2.57. The molecule has 2 fully saturated rings. The van der Waals surface area contributed by atoms with E-state index in [1.807, 2.05) is 21.3 Å². The maximum absolute atomic E-state index is 12.2. The molecule has 0 aliphatic carbocycles. The quantitative estimate of drug-likeness (QED) is 0.269. The summed E-state index contributed by atoms with van der Waals surface area (Å²) in [5.74, 6) is -5.11. The molecule has 4 rings (SSSR count). The van der Waals surface area contributed by atoms with Crippen LogP contribution in [0.15, 0.2) is 34.8 Å². The van der Waals surface area contributed by atoms with E-state index in [-0.39, 0.29) is 11.4 Å². The highest BCUT2D eigenvalue weighted by molar-refractivity contribution is 6.37. The summed E-state index contributed by atoms with van der Waals surface area (Å²) in [6.45, 7) is 0. The molecule has 0 aromatic heterocycles. The Kier molecular flexibility index (Phi) is 3.44. The van der Waals surface area contributed by atoms with Crippen LogP contribution in [-0.4, -0.2) is 41.4 Å². The number of imide groups is 4. The van der Waals surface area contributed by atoms with Gasteiger partial charge in [0.1, 0.15) is 5.57 Å². The van der Waals surface area contributed by atoms with Gasteiger partial charge in [-0.25, -0.2) is 14.6 Å². The number of carbonyl (C=O) groups excluding carboxylic acids is 6. The number of carbonyl (C=O) groups is 6. The molecule has 0 unspecified atom stereocenters. The van der Waals surface area contributed by atoms with Crippen molar-refractivity contribution in [3.8, 4) is 0 Å². The maximum atomic E-state index is 12.2. The van der Waals surface area contributed by atoms with Crippen LogP contribution in [0.4, 0.5) is 9.59 Å². The SMILES string of the molecule is O=C1NC(=O)C(=C2N=C(C3C(=O)NC(=O)NC3=O)c3ccccc32)C(=O)N1. The Morgan fingerprint density at radius 2 is 1.22 bits per heavy atom. The summed E-state index contributed by atoms with van der Waals surface area (Å²) in [7, 11) is 0. The number of nitrogens with zero attached hydrogens (tertiary/aromatic N) is 1. The molecule has 8 amide bonds. The van der Waals surface area contributed by atoms with E-state index in [1.54, 1.807) is 24.3 Å². The highest BCUT2D eigenvalue weighted by atomic mass is 16.2. The average Bonchev–Trinajstić information content (AvgIpc) is 2.93. The van der Waals surface area contributed by atoms with Crippen molar-refractivity contribution in [1.82, 2.24) is 21.3 Å². The minimum Gasteiger partial charge on any atom is -0.277 e. The molecule has 11 heteroatoms. The van der Waals surface area contributed by atoms with Gasteiger partial charge in [-0.2, -0.15) is 0 Å². The third-order valence-electron chi connectivity index (χ3n) is 4.11. The summed E-state index contributed by atoms with van der Waals surface area (Å²) in [5.41, 5.74) is 0.153. The van der Waals surface area contributed by atoms with E-state index in [9.17, 15) is 28.8 Å². The normalized spacial score (nSPS) is 19.9. The molecule has 0 spiro atoms. The van der Waals surface area contributed by atoms with Crippen LogP contribution in [0.2, 0.25) is 0 Å². The Morgan fingerprint density at radius 3 is 1.81 bits per heavy atom. The van der Waals surface area contributed by atoms with E-state index in [1.165, 1.54) is 0 Å². The van der Waals surface area contributed by atoms with Gasteiger partial charge in [-0.15, -0.1) is 0 Å². The van der Waals surface area contributed by atoms with Crippen LogP contribution in [0.1, 0.15) is 11.1 Å². The van der Waals surface area contributed by atoms with E-state index < -0.39 is 47.2 Å². The monoisotopic (exact) mass is 367 g/mol. The zero-order valence-corrected chi connectivity index (χ0v) is 13.3. The lowest BCUT2D eigenvalue weighted by molar-refractivity contribution is -0.133. The number of barbiturate groups is 2. The molecule has 134 valence electrons. The Labute approximate surface area is 149 Å². The first-order chi connectivity index (χ1) is 12.9. The highest BCUT2D eigenvalue weighted by Gasteiger charge is 2.43. The van der Waals surface area contributed by atoms with Crippen LogP contribution in [0.25, 0.3) is 5.70 Å². The van der Waals surface area contributed by atoms with E-state index in [2.05, 4.69) is 4.99 Å². The highest BCUT2D eigenvalue weighted by Crippen LogP contribution is 2.34. The van der Waals surface area contributed by atoms with Crippen LogP contribution < -0.4 is 21.3 Å². The van der Waals surface area contributed by atoms with Crippen LogP contribution in [-0.2, 0) is 19.2 Å². The van der Waals surface area contributed by atoms with Crippen molar-refractivity contribution in [2.45, 2.75) is 0 Å². The molecule has 4 N–H and O–H groups in total. The van der Waals surface area contributed by atoms with Crippen LogP contribution in [0.5, 0.6) is 0 Å². The van der Waals surface area contributed by atoms with Gasteiger partial charge >= 0.3 is 12.1 Å². The van der Waals surface area contributed by atoms with E-state index >= 15 is 0 Å². The number of rotatable bonds is 1. The van der Waals surface area contributed by atoms with E-state index in [4.69, 9.17) is 0 Å². The van der Waals surface area contributed by atoms with Gasteiger partial charge < -0.3 is 0 Å². The minimum absolute atomic E-state index is 0.0203. The Morgan fingerprint density at radius 1 is 0.704 bits per heavy atom. The minimum atomic E-state index is -1.45. The molecule has 3 heterocycles. The molecule has 3 aliphatic heterocycles. The van der Waals surface area contributed by atoms with Crippen LogP contribution in [0, 0.1) is 5.92 Å². The molecule has 1 aromatic rings. The summed E-state index contributed by atoms with van der Waals surface area (Å²) >= 11 is 0. The van der Waals surface area contributed by atoms with Crippen molar-refractivity contribution < 1.29 is 28.8 Å². The fraction of sp³-hybridized carbons (Fsp3) is 0.0625. The van der Waals surface area contributed by atoms with E-state index in [0.29, 0.717) is 11.1 Å². The molecule has 3 aliphatic rings. The molecule has 0 radical (unpaired) electrons. The number of aliphatic imine (C=N–C) groups is 1. The number of fused-ring (bicyclic) bond motifs is 1. The van der Waals surface area contributed by atoms with Gasteiger partial charge in [-0.3, -0.25) is 40.4 Å². The van der Waals surface area contributed by atoms with Crippen molar-refractivity contribution in [3.63, 3.8) is 0 Å². The van der Waals surface area contributed by atoms with Crippen molar-refractivity contribution in [2.24, 2.45) is 10.9 Å². The van der Waals surface area contributed by atoms with Gasteiger partial charge in [0, 0.05) is 11.1 Å². The second kappa shape index (κ2) is 5.69. The van der Waals surface area contributed by atoms with Gasteiger partial charge in [0.05, 0.1) is 11.4 Å². The zero-order valence-electron chi connectivity index (χ0n) is 13.3. The van der Waals surface area contributed by atoms with Crippen molar-refractivity contribution in [1.29, 1.82) is 0 Å². The number of benzene rings is 1. The van der Waals surface area contributed by atoms with Crippen LogP contribution in [0.3, 0.4) is 0 Å². The lowest BCUT2D eigenvalue weighted by atomic mass is 9.92. The van der Waals surface area contributed by atoms with Crippen molar-refractivity contribution in [2.75, 3.05) is 0 Å². The number of nitrogens with one attached hydrogen (secondary N) is 4. The maximum Gasteiger partial charge on any atom is 0.328 e. The molecule has 0 saturated carbocycles. The van der Waals surface area contributed by atoms with Gasteiger partial charge in [0.2, 0.25) is 11.8 Å². The molecule has 11 nitrogen and oxygen atoms in total. The largest absolute Gasteiger partial charge is 0.328 e. The number of hydrogen-bond acceptors (Lipinski definition) is 7. The number of amides is 8. The molecule has 1 aromatic carbocycles. The summed E-state index contributed by atoms with van der Waals surface area (Å²) in [6, 6.07) is 4.44. The lowest BCUT2D eigenvalue weighted by Gasteiger charge is -2.20. The Balaban J connectivity index is 1.90. The number of urea groups is 2. The summed E-state index contributed by atoms with van der Waals surface area (Å²) in [4.78, 5) is 75.3.